The third kappa shape index (κ3) is 2.68. The average Bonchev–Trinajstić information content (AvgIpc) is 2.74. The summed E-state index contributed by atoms with van der Waals surface area (Å²) in [5.41, 5.74) is 6.56. The Balaban J connectivity index is 2.11. The van der Waals surface area contributed by atoms with Gasteiger partial charge in [0.05, 0.1) is 0 Å². The van der Waals surface area contributed by atoms with Gasteiger partial charge in [-0.25, -0.2) is 0 Å². The molecule has 2 aliphatic rings. The van der Waals surface area contributed by atoms with Crippen LogP contribution in [0.2, 0.25) is 0 Å². The fourth-order valence-electron chi connectivity index (χ4n) is 4.06. The van der Waals surface area contributed by atoms with Crippen molar-refractivity contribution in [3.63, 3.8) is 0 Å². The summed E-state index contributed by atoms with van der Waals surface area (Å²) in [6.07, 6.45) is 10.9. The summed E-state index contributed by atoms with van der Waals surface area (Å²) in [5.74, 6) is 0.908. The molecule has 1 aliphatic heterocycles. The molecule has 17 heavy (non-hydrogen) atoms. The van der Waals surface area contributed by atoms with Crippen molar-refractivity contribution in [2.45, 2.75) is 76.8 Å². The summed E-state index contributed by atoms with van der Waals surface area (Å²) in [6.45, 7) is 6.92. The Morgan fingerprint density at radius 3 is 2.71 bits per heavy atom. The second-order valence-corrected chi connectivity index (χ2v) is 6.36. The lowest BCUT2D eigenvalue weighted by molar-refractivity contribution is 0.0627. The third-order valence-electron chi connectivity index (χ3n) is 5.28. The Hall–Kier alpha value is -0.0800. The summed E-state index contributed by atoms with van der Waals surface area (Å²) >= 11 is 0. The Bertz CT molecular complexity index is 241. The molecule has 1 saturated carbocycles. The maximum absolute atomic E-state index is 6.21. The van der Waals surface area contributed by atoms with Crippen molar-refractivity contribution in [3.05, 3.63) is 0 Å². The lowest BCUT2D eigenvalue weighted by Gasteiger charge is -2.44. The number of hydrogen-bond donors (Lipinski definition) is 1. The first-order chi connectivity index (χ1) is 8.22. The van der Waals surface area contributed by atoms with Gasteiger partial charge in [-0.3, -0.25) is 4.90 Å². The van der Waals surface area contributed by atoms with Crippen molar-refractivity contribution in [1.29, 1.82) is 0 Å². The van der Waals surface area contributed by atoms with Crippen LogP contribution < -0.4 is 5.73 Å². The van der Waals surface area contributed by atoms with Crippen molar-refractivity contribution in [3.8, 4) is 0 Å². The van der Waals surface area contributed by atoms with Gasteiger partial charge in [-0.2, -0.15) is 0 Å². The van der Waals surface area contributed by atoms with Crippen LogP contribution in [0.1, 0.15) is 65.2 Å². The quantitative estimate of drug-likeness (QED) is 0.765. The molecule has 0 aromatic rings. The molecule has 0 amide bonds. The van der Waals surface area contributed by atoms with Gasteiger partial charge in [0.1, 0.15) is 0 Å². The van der Waals surface area contributed by atoms with Gasteiger partial charge in [0.25, 0.3) is 0 Å². The zero-order valence-corrected chi connectivity index (χ0v) is 11.8. The van der Waals surface area contributed by atoms with Crippen LogP contribution in [0.5, 0.6) is 0 Å². The Morgan fingerprint density at radius 1 is 1.18 bits per heavy atom. The van der Waals surface area contributed by atoms with E-state index in [-0.39, 0.29) is 0 Å². The first-order valence-corrected chi connectivity index (χ1v) is 7.68. The fourth-order valence-corrected chi connectivity index (χ4v) is 4.06. The second-order valence-electron chi connectivity index (χ2n) is 6.36. The van der Waals surface area contributed by atoms with Crippen LogP contribution in [0.3, 0.4) is 0 Å². The van der Waals surface area contributed by atoms with Gasteiger partial charge < -0.3 is 5.73 Å². The molecule has 1 aliphatic carbocycles. The molecule has 100 valence electrons. The predicted octanol–water partition coefficient (Wildman–Crippen LogP) is 3.16. The maximum Gasteiger partial charge on any atom is 0.0334 e. The van der Waals surface area contributed by atoms with Gasteiger partial charge in [-0.1, -0.05) is 26.7 Å². The van der Waals surface area contributed by atoms with Gasteiger partial charge in [-0.15, -0.1) is 0 Å². The number of likely N-dealkylation sites (tertiary alicyclic amines) is 1. The third-order valence-corrected chi connectivity index (χ3v) is 5.28. The van der Waals surface area contributed by atoms with Crippen molar-refractivity contribution in [2.75, 3.05) is 13.1 Å². The maximum atomic E-state index is 6.21. The van der Waals surface area contributed by atoms with E-state index in [1.165, 1.54) is 57.9 Å². The first-order valence-electron chi connectivity index (χ1n) is 7.68. The van der Waals surface area contributed by atoms with E-state index in [1.807, 2.05) is 0 Å². The van der Waals surface area contributed by atoms with E-state index in [4.69, 9.17) is 5.73 Å². The number of rotatable bonds is 3. The van der Waals surface area contributed by atoms with Crippen LogP contribution in [-0.4, -0.2) is 29.6 Å². The van der Waals surface area contributed by atoms with Gasteiger partial charge in [0.15, 0.2) is 0 Å². The van der Waals surface area contributed by atoms with Crippen molar-refractivity contribution in [2.24, 2.45) is 11.7 Å². The summed E-state index contributed by atoms with van der Waals surface area (Å²) < 4.78 is 0. The monoisotopic (exact) mass is 238 g/mol. The molecule has 0 radical (unpaired) electrons. The Kier molecular flexibility index (Phi) is 4.48. The molecule has 2 heteroatoms. The molecular formula is C15H30N2. The van der Waals surface area contributed by atoms with E-state index in [9.17, 15) is 0 Å². The van der Waals surface area contributed by atoms with E-state index in [0.717, 1.165) is 18.5 Å². The standard InChI is InChI=1S/C15H30N2/c1-3-14-7-5-11-17(14)15(12-16)9-4-6-13(2)8-10-15/h13-14H,3-12,16H2,1-2H3. The van der Waals surface area contributed by atoms with Crippen LogP contribution in [0, 0.1) is 5.92 Å². The van der Waals surface area contributed by atoms with Crippen LogP contribution in [0.15, 0.2) is 0 Å². The molecule has 2 fully saturated rings. The Morgan fingerprint density at radius 2 is 2.00 bits per heavy atom. The van der Waals surface area contributed by atoms with Crippen molar-refractivity contribution >= 4 is 0 Å². The molecule has 2 nitrogen and oxygen atoms in total. The molecule has 1 heterocycles. The predicted molar refractivity (Wildman–Crippen MR) is 74.1 cm³/mol. The molecule has 1 saturated heterocycles. The number of nitrogens with zero attached hydrogens (tertiary/aromatic N) is 1. The normalized spacial score (nSPS) is 40.4. The average molecular weight is 238 g/mol. The highest BCUT2D eigenvalue weighted by atomic mass is 15.2. The molecule has 2 N–H and O–H groups in total. The van der Waals surface area contributed by atoms with E-state index >= 15 is 0 Å². The highest BCUT2D eigenvalue weighted by Crippen LogP contribution is 2.38. The zero-order chi connectivity index (χ0) is 12.3. The van der Waals surface area contributed by atoms with E-state index in [1.54, 1.807) is 0 Å². The molecule has 0 aromatic carbocycles. The fraction of sp³-hybridized carbons (Fsp3) is 1.00. The molecule has 3 atom stereocenters. The van der Waals surface area contributed by atoms with E-state index in [0.29, 0.717) is 5.54 Å². The Labute approximate surface area is 107 Å². The molecule has 0 bridgehead atoms. The van der Waals surface area contributed by atoms with Crippen LogP contribution in [0.25, 0.3) is 0 Å². The number of hydrogen-bond acceptors (Lipinski definition) is 2. The molecule has 3 unspecified atom stereocenters. The highest BCUT2D eigenvalue weighted by molar-refractivity contribution is 4.98. The summed E-state index contributed by atoms with van der Waals surface area (Å²) in [4.78, 5) is 2.80. The van der Waals surface area contributed by atoms with Crippen LogP contribution >= 0.6 is 0 Å². The minimum Gasteiger partial charge on any atom is -0.329 e. The van der Waals surface area contributed by atoms with Crippen LogP contribution in [-0.2, 0) is 0 Å². The van der Waals surface area contributed by atoms with E-state index in [2.05, 4.69) is 18.7 Å². The van der Waals surface area contributed by atoms with Crippen molar-refractivity contribution in [1.82, 2.24) is 4.90 Å². The minimum atomic E-state index is 0.349. The summed E-state index contributed by atoms with van der Waals surface area (Å²) in [7, 11) is 0. The van der Waals surface area contributed by atoms with Crippen molar-refractivity contribution < 1.29 is 0 Å². The molecule has 0 aromatic heterocycles. The largest absolute Gasteiger partial charge is 0.329 e. The lowest BCUT2D eigenvalue weighted by Crippen LogP contribution is -2.55. The molecule has 2 rings (SSSR count). The zero-order valence-electron chi connectivity index (χ0n) is 11.8. The molecular weight excluding hydrogens is 208 g/mol. The van der Waals surface area contributed by atoms with Gasteiger partial charge in [0, 0.05) is 18.1 Å². The second kappa shape index (κ2) is 5.71. The van der Waals surface area contributed by atoms with Gasteiger partial charge in [-0.05, 0) is 51.0 Å². The molecule has 0 spiro atoms. The number of nitrogens with two attached hydrogens (primary N) is 1. The topological polar surface area (TPSA) is 29.3 Å². The summed E-state index contributed by atoms with van der Waals surface area (Å²) in [5, 5.41) is 0. The smallest absolute Gasteiger partial charge is 0.0334 e. The minimum absolute atomic E-state index is 0.349. The summed E-state index contributed by atoms with van der Waals surface area (Å²) in [6, 6.07) is 0.812. The van der Waals surface area contributed by atoms with Gasteiger partial charge >= 0.3 is 0 Å². The van der Waals surface area contributed by atoms with E-state index < -0.39 is 0 Å². The van der Waals surface area contributed by atoms with Crippen LogP contribution in [0.4, 0.5) is 0 Å². The van der Waals surface area contributed by atoms with Gasteiger partial charge in [0.2, 0.25) is 0 Å². The SMILES string of the molecule is CCC1CCCN1C1(CN)CCCC(C)CC1. The first kappa shape index (κ1) is 13.4. The highest BCUT2D eigenvalue weighted by Gasteiger charge is 2.41. The lowest BCUT2D eigenvalue weighted by atomic mass is 9.86.